The molecule has 0 radical (unpaired) electrons. The van der Waals surface area contributed by atoms with Crippen LogP contribution in [0.15, 0.2) is 29.4 Å². The molecule has 0 saturated heterocycles. The molecule has 1 amide bonds. The molecule has 1 aromatic rings. The molecule has 0 aromatic heterocycles. The second kappa shape index (κ2) is 6.27. The fraction of sp³-hybridized carbons (Fsp3) is 0.429. The number of carbonyl (C=O) groups is 1. The molecule has 20 heavy (non-hydrogen) atoms. The maximum Gasteiger partial charge on any atom is 0.271 e. The van der Waals surface area contributed by atoms with Gasteiger partial charge in [0.05, 0.1) is 4.92 Å². The summed E-state index contributed by atoms with van der Waals surface area (Å²) in [5.41, 5.74) is 3.61. The molecule has 6 heteroatoms. The quantitative estimate of drug-likeness (QED) is 0.680. The Morgan fingerprint density at radius 3 is 3.00 bits per heavy atom. The zero-order valence-corrected chi connectivity index (χ0v) is 11.3. The van der Waals surface area contributed by atoms with Crippen molar-refractivity contribution in [2.75, 3.05) is 0 Å². The van der Waals surface area contributed by atoms with Gasteiger partial charge in [0.1, 0.15) is 0 Å². The van der Waals surface area contributed by atoms with Crippen LogP contribution in [0, 0.1) is 16.0 Å². The number of nitro groups is 1. The molecule has 0 aliphatic heterocycles. The Hall–Kier alpha value is -2.24. The third kappa shape index (κ3) is 3.63. The third-order valence-electron chi connectivity index (χ3n) is 3.38. The predicted octanol–water partition coefficient (Wildman–Crippen LogP) is 2.89. The highest BCUT2D eigenvalue weighted by Crippen LogP contribution is 2.21. The first-order valence-electron chi connectivity index (χ1n) is 6.66. The SMILES string of the molecule is CC1CCCC(=NNC(=O)c2cccc([N+](=O)[O-])c2)C1. The van der Waals surface area contributed by atoms with Gasteiger partial charge in [-0.15, -0.1) is 0 Å². The van der Waals surface area contributed by atoms with Gasteiger partial charge >= 0.3 is 0 Å². The van der Waals surface area contributed by atoms with Gasteiger partial charge in [0, 0.05) is 23.4 Å². The van der Waals surface area contributed by atoms with Crippen molar-refractivity contribution in [3.63, 3.8) is 0 Å². The fourth-order valence-corrected chi connectivity index (χ4v) is 2.32. The molecule has 0 heterocycles. The van der Waals surface area contributed by atoms with E-state index in [1.54, 1.807) is 0 Å². The topological polar surface area (TPSA) is 84.6 Å². The first kappa shape index (κ1) is 14.2. The van der Waals surface area contributed by atoms with E-state index in [1.807, 2.05) is 0 Å². The van der Waals surface area contributed by atoms with Gasteiger partial charge < -0.3 is 0 Å². The van der Waals surface area contributed by atoms with Crippen molar-refractivity contribution < 1.29 is 9.72 Å². The summed E-state index contributed by atoms with van der Waals surface area (Å²) in [5.74, 6) is 0.177. The van der Waals surface area contributed by atoms with Crippen molar-refractivity contribution in [2.45, 2.75) is 32.6 Å². The molecule has 1 atom stereocenters. The number of rotatable bonds is 3. The second-order valence-electron chi connectivity index (χ2n) is 5.13. The van der Waals surface area contributed by atoms with Crippen LogP contribution in [0.1, 0.15) is 43.0 Å². The Balaban J connectivity index is 2.03. The fourth-order valence-electron chi connectivity index (χ4n) is 2.32. The lowest BCUT2D eigenvalue weighted by molar-refractivity contribution is -0.384. The monoisotopic (exact) mass is 275 g/mol. The summed E-state index contributed by atoms with van der Waals surface area (Å²) < 4.78 is 0. The molecule has 0 spiro atoms. The molecule has 1 aliphatic rings. The van der Waals surface area contributed by atoms with Crippen LogP contribution >= 0.6 is 0 Å². The molecule has 1 aromatic carbocycles. The molecule has 1 aliphatic carbocycles. The molecule has 106 valence electrons. The van der Waals surface area contributed by atoms with Crippen molar-refractivity contribution in [3.05, 3.63) is 39.9 Å². The molecule has 1 N–H and O–H groups in total. The van der Waals surface area contributed by atoms with Crippen LogP contribution in [0.5, 0.6) is 0 Å². The average Bonchev–Trinajstić information content (AvgIpc) is 2.45. The third-order valence-corrected chi connectivity index (χ3v) is 3.38. The Morgan fingerprint density at radius 2 is 2.30 bits per heavy atom. The summed E-state index contributed by atoms with van der Waals surface area (Å²) in [4.78, 5) is 22.0. The van der Waals surface area contributed by atoms with E-state index < -0.39 is 10.8 Å². The van der Waals surface area contributed by atoms with Gasteiger partial charge in [-0.1, -0.05) is 13.0 Å². The molecule has 1 unspecified atom stereocenters. The van der Waals surface area contributed by atoms with E-state index >= 15 is 0 Å². The molecule has 1 fully saturated rings. The summed E-state index contributed by atoms with van der Waals surface area (Å²) >= 11 is 0. The zero-order valence-electron chi connectivity index (χ0n) is 11.3. The number of amides is 1. The van der Waals surface area contributed by atoms with Gasteiger partial charge in [0.2, 0.25) is 0 Å². The van der Waals surface area contributed by atoms with Crippen LogP contribution < -0.4 is 5.43 Å². The smallest absolute Gasteiger partial charge is 0.267 e. The Bertz CT molecular complexity index is 554. The first-order chi connectivity index (χ1) is 9.56. The van der Waals surface area contributed by atoms with Gasteiger partial charge in [0.15, 0.2) is 0 Å². The van der Waals surface area contributed by atoms with Crippen LogP contribution in [0.4, 0.5) is 5.69 Å². The number of nitro benzene ring substituents is 1. The molecule has 0 bridgehead atoms. The van der Waals surface area contributed by atoms with E-state index in [1.165, 1.54) is 30.7 Å². The van der Waals surface area contributed by atoms with Crippen LogP contribution in [0.2, 0.25) is 0 Å². The van der Waals surface area contributed by atoms with Crippen molar-refractivity contribution in [1.29, 1.82) is 0 Å². The number of nitrogens with one attached hydrogen (secondary N) is 1. The molecular weight excluding hydrogens is 258 g/mol. The molecule has 6 nitrogen and oxygen atoms in total. The maximum absolute atomic E-state index is 11.9. The van der Waals surface area contributed by atoms with Gasteiger partial charge in [-0.05, 0) is 37.7 Å². The normalized spacial score (nSPS) is 20.6. The second-order valence-corrected chi connectivity index (χ2v) is 5.13. The minimum absolute atomic E-state index is 0.100. The lowest BCUT2D eigenvalue weighted by atomic mass is 9.89. The number of hydrogen-bond acceptors (Lipinski definition) is 4. The number of nitrogens with zero attached hydrogens (tertiary/aromatic N) is 2. The summed E-state index contributed by atoms with van der Waals surface area (Å²) in [7, 11) is 0. The average molecular weight is 275 g/mol. The van der Waals surface area contributed by atoms with E-state index in [9.17, 15) is 14.9 Å². The number of benzene rings is 1. The highest BCUT2D eigenvalue weighted by atomic mass is 16.6. The van der Waals surface area contributed by atoms with Crippen LogP contribution in [-0.4, -0.2) is 16.5 Å². The summed E-state index contributed by atoms with van der Waals surface area (Å²) in [5, 5.41) is 14.8. The number of hydrogen-bond donors (Lipinski definition) is 1. The predicted molar refractivity (Wildman–Crippen MR) is 75.6 cm³/mol. The van der Waals surface area contributed by atoms with Crippen LogP contribution in [0.3, 0.4) is 0 Å². The van der Waals surface area contributed by atoms with E-state index in [0.717, 1.165) is 25.0 Å². The Morgan fingerprint density at radius 1 is 1.50 bits per heavy atom. The van der Waals surface area contributed by atoms with Gasteiger partial charge in [-0.25, -0.2) is 5.43 Å². The van der Waals surface area contributed by atoms with Gasteiger partial charge in [-0.2, -0.15) is 5.10 Å². The largest absolute Gasteiger partial charge is 0.271 e. The number of non-ortho nitro benzene ring substituents is 1. The standard InChI is InChI=1S/C14H17N3O3/c1-10-4-2-6-12(8-10)15-16-14(18)11-5-3-7-13(9-11)17(19)20/h3,5,7,9-10H,2,4,6,8H2,1H3,(H,16,18). The van der Waals surface area contributed by atoms with Crippen LogP contribution in [-0.2, 0) is 0 Å². The molecule has 1 saturated carbocycles. The van der Waals surface area contributed by atoms with E-state index in [-0.39, 0.29) is 11.3 Å². The Kier molecular flexibility index (Phi) is 4.45. The lowest BCUT2D eigenvalue weighted by Gasteiger charge is -2.18. The van der Waals surface area contributed by atoms with Crippen molar-refractivity contribution in [3.8, 4) is 0 Å². The van der Waals surface area contributed by atoms with Gasteiger partial charge in [0.25, 0.3) is 11.6 Å². The number of carbonyl (C=O) groups excluding carboxylic acids is 1. The summed E-state index contributed by atoms with van der Waals surface area (Å²) in [6.45, 7) is 2.16. The van der Waals surface area contributed by atoms with Crippen molar-refractivity contribution >= 4 is 17.3 Å². The maximum atomic E-state index is 11.9. The Labute approximate surface area is 117 Å². The van der Waals surface area contributed by atoms with E-state index in [4.69, 9.17) is 0 Å². The van der Waals surface area contributed by atoms with Crippen LogP contribution in [0.25, 0.3) is 0 Å². The summed E-state index contributed by atoms with van der Waals surface area (Å²) in [6, 6.07) is 5.62. The minimum Gasteiger partial charge on any atom is -0.267 e. The first-order valence-corrected chi connectivity index (χ1v) is 6.66. The van der Waals surface area contributed by atoms with Gasteiger partial charge in [-0.3, -0.25) is 14.9 Å². The minimum atomic E-state index is -0.522. The highest BCUT2D eigenvalue weighted by Gasteiger charge is 2.15. The van der Waals surface area contributed by atoms with E-state index in [0.29, 0.717) is 5.92 Å². The number of hydrazone groups is 1. The van der Waals surface area contributed by atoms with Crippen molar-refractivity contribution in [2.24, 2.45) is 11.0 Å². The molecular formula is C14H17N3O3. The lowest BCUT2D eigenvalue weighted by Crippen LogP contribution is -2.22. The zero-order chi connectivity index (χ0) is 14.5. The highest BCUT2D eigenvalue weighted by molar-refractivity contribution is 5.96. The molecule has 2 rings (SSSR count). The van der Waals surface area contributed by atoms with E-state index in [2.05, 4.69) is 17.5 Å². The van der Waals surface area contributed by atoms with Crippen molar-refractivity contribution in [1.82, 2.24) is 5.43 Å². The summed E-state index contributed by atoms with van der Waals surface area (Å²) in [6.07, 6.45) is 4.08.